The van der Waals surface area contributed by atoms with E-state index in [0.717, 1.165) is 16.5 Å². The minimum Gasteiger partial charge on any atom is -0.351 e. The van der Waals surface area contributed by atoms with Crippen molar-refractivity contribution >= 4 is 38.9 Å². The monoisotopic (exact) mass is 299 g/mol. The Balaban J connectivity index is 2.05. The highest BCUT2D eigenvalue weighted by atomic mass is 35.5. The fraction of sp³-hybridized carbons (Fsp3) is 0.357. The van der Waals surface area contributed by atoms with E-state index in [4.69, 9.17) is 11.6 Å². The van der Waals surface area contributed by atoms with E-state index in [9.17, 15) is 9.18 Å². The van der Waals surface area contributed by atoms with Crippen molar-refractivity contribution in [3.8, 4) is 0 Å². The van der Waals surface area contributed by atoms with Crippen LogP contribution in [0.4, 0.5) is 4.39 Å². The van der Waals surface area contributed by atoms with Crippen LogP contribution in [0.25, 0.3) is 10.1 Å². The summed E-state index contributed by atoms with van der Waals surface area (Å²) in [5.41, 5.74) is 0. The van der Waals surface area contributed by atoms with Crippen molar-refractivity contribution in [3.05, 3.63) is 35.0 Å². The fourth-order valence-electron chi connectivity index (χ4n) is 1.76. The molecule has 0 fully saturated rings. The summed E-state index contributed by atoms with van der Waals surface area (Å²) in [7, 11) is 0. The number of amides is 1. The number of hydrogen-bond acceptors (Lipinski definition) is 2. The van der Waals surface area contributed by atoms with Crippen molar-refractivity contribution in [2.45, 2.75) is 13.3 Å². The number of thiophene rings is 1. The number of rotatable bonds is 5. The van der Waals surface area contributed by atoms with Crippen LogP contribution in [0.5, 0.6) is 0 Å². The zero-order chi connectivity index (χ0) is 13.8. The normalized spacial score (nSPS) is 12.6. The maximum Gasteiger partial charge on any atom is 0.261 e. The molecule has 2 nitrogen and oxygen atoms in total. The second-order valence-corrected chi connectivity index (χ2v) is 6.05. The second kappa shape index (κ2) is 6.35. The molecule has 1 aromatic carbocycles. The zero-order valence-corrected chi connectivity index (χ0v) is 12.2. The Morgan fingerprint density at radius 3 is 3.00 bits per heavy atom. The first-order valence-corrected chi connectivity index (χ1v) is 7.48. The van der Waals surface area contributed by atoms with Crippen molar-refractivity contribution < 1.29 is 9.18 Å². The SMILES string of the molecule is CC(CCCl)CNC(=O)c1cc2ccc(F)cc2s1. The highest BCUT2D eigenvalue weighted by Crippen LogP contribution is 2.26. The van der Waals surface area contributed by atoms with E-state index >= 15 is 0 Å². The number of fused-ring (bicyclic) bond motifs is 1. The standard InChI is InChI=1S/C14H15ClFNOS/c1-9(4-5-15)8-17-14(18)13-6-10-2-3-11(16)7-12(10)19-13/h2-3,6-7,9H,4-5,8H2,1H3,(H,17,18). The minimum atomic E-state index is -0.281. The molecule has 0 aliphatic rings. The van der Waals surface area contributed by atoms with Gasteiger partial charge in [0.2, 0.25) is 0 Å². The van der Waals surface area contributed by atoms with Gasteiger partial charge in [0.15, 0.2) is 0 Å². The first-order valence-electron chi connectivity index (χ1n) is 6.13. The van der Waals surface area contributed by atoms with Gasteiger partial charge in [0.05, 0.1) is 4.88 Å². The number of benzene rings is 1. The van der Waals surface area contributed by atoms with E-state index in [-0.39, 0.29) is 11.7 Å². The summed E-state index contributed by atoms with van der Waals surface area (Å²) in [4.78, 5) is 12.6. The Labute approximate surface area is 120 Å². The number of halogens is 2. The van der Waals surface area contributed by atoms with Crippen molar-refractivity contribution in [1.82, 2.24) is 5.32 Å². The van der Waals surface area contributed by atoms with Gasteiger partial charge in [0.1, 0.15) is 5.82 Å². The maximum absolute atomic E-state index is 13.1. The average Bonchev–Trinajstić information content (AvgIpc) is 2.79. The summed E-state index contributed by atoms with van der Waals surface area (Å²) >= 11 is 6.96. The number of carbonyl (C=O) groups excluding carboxylic acids is 1. The summed E-state index contributed by atoms with van der Waals surface area (Å²) in [5, 5.41) is 3.77. The Bertz CT molecular complexity index is 584. The molecule has 19 heavy (non-hydrogen) atoms. The van der Waals surface area contributed by atoms with Crippen LogP contribution in [0.15, 0.2) is 24.3 Å². The molecule has 0 saturated heterocycles. The molecule has 102 valence electrons. The number of hydrogen-bond donors (Lipinski definition) is 1. The van der Waals surface area contributed by atoms with E-state index in [0.29, 0.717) is 23.2 Å². The summed E-state index contributed by atoms with van der Waals surface area (Å²) in [6.45, 7) is 2.65. The van der Waals surface area contributed by atoms with Crippen LogP contribution < -0.4 is 5.32 Å². The van der Waals surface area contributed by atoms with Crippen LogP contribution in [-0.2, 0) is 0 Å². The smallest absolute Gasteiger partial charge is 0.261 e. The lowest BCUT2D eigenvalue weighted by Crippen LogP contribution is -2.27. The first-order chi connectivity index (χ1) is 9.10. The van der Waals surface area contributed by atoms with Gasteiger partial charge in [-0.15, -0.1) is 22.9 Å². The van der Waals surface area contributed by atoms with Crippen molar-refractivity contribution in [1.29, 1.82) is 0 Å². The first kappa shape index (κ1) is 14.3. The Hall–Kier alpha value is -1.13. The topological polar surface area (TPSA) is 29.1 Å². The summed E-state index contributed by atoms with van der Waals surface area (Å²) in [6.07, 6.45) is 0.874. The van der Waals surface area contributed by atoms with Crippen molar-refractivity contribution in [2.24, 2.45) is 5.92 Å². The molecular formula is C14H15ClFNOS. The third-order valence-corrected chi connectivity index (χ3v) is 4.23. The van der Waals surface area contributed by atoms with Crippen LogP contribution >= 0.6 is 22.9 Å². The van der Waals surface area contributed by atoms with Gasteiger partial charge in [-0.2, -0.15) is 0 Å². The maximum atomic E-state index is 13.1. The van der Waals surface area contributed by atoms with Gasteiger partial charge >= 0.3 is 0 Å². The molecule has 0 aliphatic heterocycles. The lowest BCUT2D eigenvalue weighted by atomic mass is 10.1. The molecule has 0 radical (unpaired) electrons. The molecule has 1 aromatic heterocycles. The average molecular weight is 300 g/mol. The molecule has 0 saturated carbocycles. The molecule has 0 spiro atoms. The lowest BCUT2D eigenvalue weighted by molar-refractivity contribution is 0.0952. The van der Waals surface area contributed by atoms with Gasteiger partial charge in [0.25, 0.3) is 5.91 Å². The molecule has 1 N–H and O–H groups in total. The highest BCUT2D eigenvalue weighted by molar-refractivity contribution is 7.20. The molecule has 0 aliphatic carbocycles. The van der Waals surface area contributed by atoms with Crippen LogP contribution in [0, 0.1) is 11.7 Å². The van der Waals surface area contributed by atoms with Crippen LogP contribution in [-0.4, -0.2) is 18.3 Å². The van der Waals surface area contributed by atoms with Gasteiger partial charge in [0, 0.05) is 17.1 Å². The third-order valence-electron chi connectivity index (χ3n) is 2.92. The van der Waals surface area contributed by atoms with Crippen LogP contribution in [0.1, 0.15) is 23.0 Å². The Kier molecular flexibility index (Phi) is 4.77. The van der Waals surface area contributed by atoms with Crippen LogP contribution in [0.3, 0.4) is 0 Å². The molecule has 2 rings (SSSR count). The molecule has 2 aromatic rings. The molecular weight excluding hydrogens is 285 g/mol. The molecule has 1 amide bonds. The van der Waals surface area contributed by atoms with E-state index < -0.39 is 0 Å². The van der Waals surface area contributed by atoms with E-state index in [1.54, 1.807) is 12.1 Å². The number of alkyl halides is 1. The fourth-order valence-corrected chi connectivity index (χ4v) is 3.14. The largest absolute Gasteiger partial charge is 0.351 e. The summed E-state index contributed by atoms with van der Waals surface area (Å²) in [6, 6.07) is 6.33. The van der Waals surface area contributed by atoms with Gasteiger partial charge < -0.3 is 5.32 Å². The predicted octanol–water partition coefficient (Wildman–Crippen LogP) is 4.04. The number of carbonyl (C=O) groups is 1. The lowest BCUT2D eigenvalue weighted by Gasteiger charge is -2.09. The van der Waals surface area contributed by atoms with Crippen molar-refractivity contribution in [3.63, 3.8) is 0 Å². The van der Waals surface area contributed by atoms with Crippen molar-refractivity contribution in [2.75, 3.05) is 12.4 Å². The van der Waals surface area contributed by atoms with E-state index in [2.05, 4.69) is 5.32 Å². The molecule has 1 heterocycles. The third kappa shape index (κ3) is 3.67. The summed E-state index contributed by atoms with van der Waals surface area (Å²) < 4.78 is 13.9. The van der Waals surface area contributed by atoms with Gasteiger partial charge in [-0.1, -0.05) is 13.0 Å². The summed E-state index contributed by atoms with van der Waals surface area (Å²) in [5.74, 6) is 0.562. The van der Waals surface area contributed by atoms with Gasteiger partial charge in [-0.05, 0) is 35.9 Å². The van der Waals surface area contributed by atoms with E-state index in [1.807, 2.05) is 6.92 Å². The minimum absolute atomic E-state index is 0.108. The zero-order valence-electron chi connectivity index (χ0n) is 10.6. The molecule has 0 bridgehead atoms. The quantitative estimate of drug-likeness (QED) is 0.830. The predicted molar refractivity (Wildman–Crippen MR) is 78.6 cm³/mol. The Morgan fingerprint density at radius 1 is 1.47 bits per heavy atom. The van der Waals surface area contributed by atoms with Gasteiger partial charge in [-0.3, -0.25) is 4.79 Å². The van der Waals surface area contributed by atoms with E-state index in [1.165, 1.54) is 23.5 Å². The highest BCUT2D eigenvalue weighted by Gasteiger charge is 2.11. The molecule has 1 atom stereocenters. The second-order valence-electron chi connectivity index (χ2n) is 4.59. The Morgan fingerprint density at radius 2 is 2.26 bits per heavy atom. The van der Waals surface area contributed by atoms with Crippen LogP contribution in [0.2, 0.25) is 0 Å². The van der Waals surface area contributed by atoms with Gasteiger partial charge in [-0.25, -0.2) is 4.39 Å². The number of nitrogens with one attached hydrogen (secondary N) is 1. The molecule has 5 heteroatoms. The molecule has 1 unspecified atom stereocenters.